The zero-order valence-corrected chi connectivity index (χ0v) is 9.38. The largest absolute Gasteiger partial charge is 0.472 e. The predicted molar refractivity (Wildman–Crippen MR) is 58.4 cm³/mol. The van der Waals surface area contributed by atoms with Gasteiger partial charge in [-0.15, -0.1) is 0 Å². The summed E-state index contributed by atoms with van der Waals surface area (Å²) >= 11 is 0. The molecular weight excluding hydrogens is 206 g/mol. The Bertz CT molecular complexity index is 434. The third-order valence-corrected chi connectivity index (χ3v) is 2.26. The van der Waals surface area contributed by atoms with Crippen molar-refractivity contribution >= 4 is 0 Å². The van der Waals surface area contributed by atoms with Crippen LogP contribution in [0.1, 0.15) is 32.2 Å². The fourth-order valence-corrected chi connectivity index (χ4v) is 1.50. The van der Waals surface area contributed by atoms with Crippen LogP contribution in [0.15, 0.2) is 27.5 Å². The summed E-state index contributed by atoms with van der Waals surface area (Å²) in [6.07, 6.45) is 3.97. The van der Waals surface area contributed by atoms with Crippen LogP contribution in [0.2, 0.25) is 0 Å². The van der Waals surface area contributed by atoms with E-state index in [1.807, 2.05) is 0 Å². The molecule has 0 amide bonds. The van der Waals surface area contributed by atoms with Crippen molar-refractivity contribution < 1.29 is 8.94 Å². The minimum absolute atomic E-state index is 0.201. The van der Waals surface area contributed by atoms with Crippen molar-refractivity contribution in [3.8, 4) is 11.4 Å². The summed E-state index contributed by atoms with van der Waals surface area (Å²) < 4.78 is 10.1. The average molecular weight is 221 g/mol. The molecule has 0 aliphatic carbocycles. The third-order valence-electron chi connectivity index (χ3n) is 2.26. The van der Waals surface area contributed by atoms with Gasteiger partial charge in [0, 0.05) is 0 Å². The maximum absolute atomic E-state index is 5.94. The Balaban J connectivity index is 2.13. The summed E-state index contributed by atoms with van der Waals surface area (Å²) in [4.78, 5) is 4.24. The van der Waals surface area contributed by atoms with E-state index in [-0.39, 0.29) is 6.04 Å². The van der Waals surface area contributed by atoms with Gasteiger partial charge in [0.25, 0.3) is 0 Å². The van der Waals surface area contributed by atoms with Gasteiger partial charge in [-0.05, 0) is 18.4 Å². The molecule has 0 aliphatic heterocycles. The van der Waals surface area contributed by atoms with Gasteiger partial charge in [-0.2, -0.15) is 4.98 Å². The molecule has 0 fully saturated rings. The Morgan fingerprint density at radius 3 is 2.88 bits per heavy atom. The first kappa shape index (κ1) is 10.9. The minimum atomic E-state index is -0.201. The summed E-state index contributed by atoms with van der Waals surface area (Å²) in [5, 5.41) is 3.86. The molecule has 0 aromatic carbocycles. The lowest BCUT2D eigenvalue weighted by Gasteiger charge is -2.08. The van der Waals surface area contributed by atoms with E-state index >= 15 is 0 Å². The molecule has 86 valence electrons. The normalized spacial score (nSPS) is 13.2. The Morgan fingerprint density at radius 2 is 2.25 bits per heavy atom. The fourth-order valence-electron chi connectivity index (χ4n) is 1.50. The first-order valence-corrected chi connectivity index (χ1v) is 5.28. The minimum Gasteiger partial charge on any atom is -0.472 e. The lowest BCUT2D eigenvalue weighted by Crippen LogP contribution is -2.13. The van der Waals surface area contributed by atoms with Gasteiger partial charge in [0.1, 0.15) is 6.26 Å². The van der Waals surface area contributed by atoms with Crippen molar-refractivity contribution in [2.24, 2.45) is 11.7 Å². The Kier molecular flexibility index (Phi) is 3.05. The van der Waals surface area contributed by atoms with Crippen LogP contribution in [0.25, 0.3) is 11.4 Å². The standard InChI is InChI=1S/C11H15N3O2/c1-7(2)5-9(12)11-13-10(14-16-11)8-3-4-15-6-8/h3-4,6-7,9H,5,12H2,1-2H3/t9-/m1/s1. The van der Waals surface area contributed by atoms with E-state index in [0.717, 1.165) is 12.0 Å². The van der Waals surface area contributed by atoms with E-state index < -0.39 is 0 Å². The smallest absolute Gasteiger partial charge is 0.243 e. The Morgan fingerprint density at radius 1 is 1.44 bits per heavy atom. The summed E-state index contributed by atoms with van der Waals surface area (Å²) in [5.74, 6) is 1.49. The molecule has 5 heteroatoms. The number of furan rings is 1. The second-order valence-corrected chi connectivity index (χ2v) is 4.20. The Hall–Kier alpha value is -1.62. The van der Waals surface area contributed by atoms with Gasteiger partial charge in [0.2, 0.25) is 11.7 Å². The lowest BCUT2D eigenvalue weighted by atomic mass is 10.0. The number of nitrogens with zero attached hydrogens (tertiary/aromatic N) is 2. The molecule has 2 N–H and O–H groups in total. The molecule has 2 aromatic heterocycles. The summed E-state index contributed by atoms with van der Waals surface area (Å²) in [7, 11) is 0. The van der Waals surface area contributed by atoms with E-state index in [0.29, 0.717) is 17.6 Å². The van der Waals surface area contributed by atoms with E-state index in [4.69, 9.17) is 14.7 Å². The monoisotopic (exact) mass is 221 g/mol. The van der Waals surface area contributed by atoms with Crippen LogP contribution >= 0.6 is 0 Å². The number of rotatable bonds is 4. The number of hydrogen-bond donors (Lipinski definition) is 1. The topological polar surface area (TPSA) is 78.1 Å². The molecule has 0 spiro atoms. The van der Waals surface area contributed by atoms with Crippen LogP contribution in [-0.4, -0.2) is 10.1 Å². The summed E-state index contributed by atoms with van der Waals surface area (Å²) in [6, 6.07) is 1.58. The molecule has 1 atom stereocenters. The van der Waals surface area contributed by atoms with Gasteiger partial charge < -0.3 is 14.7 Å². The molecule has 0 saturated heterocycles. The molecule has 0 saturated carbocycles. The Labute approximate surface area is 93.6 Å². The average Bonchev–Trinajstić information content (AvgIpc) is 2.87. The molecule has 0 radical (unpaired) electrons. The second-order valence-electron chi connectivity index (χ2n) is 4.20. The highest BCUT2D eigenvalue weighted by atomic mass is 16.5. The zero-order valence-electron chi connectivity index (χ0n) is 9.38. The van der Waals surface area contributed by atoms with Gasteiger partial charge in [-0.25, -0.2) is 0 Å². The second kappa shape index (κ2) is 4.49. The molecule has 0 bridgehead atoms. The highest BCUT2D eigenvalue weighted by Gasteiger charge is 2.17. The van der Waals surface area contributed by atoms with Crippen molar-refractivity contribution in [2.75, 3.05) is 0 Å². The molecule has 0 unspecified atom stereocenters. The predicted octanol–water partition coefficient (Wildman–Crippen LogP) is 2.38. The lowest BCUT2D eigenvalue weighted by molar-refractivity contribution is 0.335. The van der Waals surface area contributed by atoms with Gasteiger partial charge in [0.15, 0.2) is 0 Å². The quantitative estimate of drug-likeness (QED) is 0.857. The first-order chi connectivity index (χ1) is 7.66. The molecule has 2 rings (SSSR count). The van der Waals surface area contributed by atoms with E-state index in [1.165, 1.54) is 0 Å². The van der Waals surface area contributed by atoms with Crippen molar-refractivity contribution in [1.82, 2.24) is 10.1 Å². The first-order valence-electron chi connectivity index (χ1n) is 5.28. The van der Waals surface area contributed by atoms with Crippen LogP contribution in [0.3, 0.4) is 0 Å². The van der Waals surface area contributed by atoms with Gasteiger partial charge >= 0.3 is 0 Å². The van der Waals surface area contributed by atoms with E-state index in [9.17, 15) is 0 Å². The van der Waals surface area contributed by atoms with Crippen LogP contribution in [0.5, 0.6) is 0 Å². The van der Waals surface area contributed by atoms with Crippen LogP contribution in [0.4, 0.5) is 0 Å². The highest BCUT2D eigenvalue weighted by Crippen LogP contribution is 2.21. The van der Waals surface area contributed by atoms with E-state index in [1.54, 1.807) is 18.6 Å². The summed E-state index contributed by atoms with van der Waals surface area (Å²) in [6.45, 7) is 4.21. The van der Waals surface area contributed by atoms with Crippen LogP contribution in [0, 0.1) is 5.92 Å². The number of hydrogen-bond acceptors (Lipinski definition) is 5. The molecule has 2 aromatic rings. The summed E-state index contributed by atoms with van der Waals surface area (Å²) in [5.41, 5.74) is 6.74. The van der Waals surface area contributed by atoms with Crippen molar-refractivity contribution in [2.45, 2.75) is 26.3 Å². The molecule has 5 nitrogen and oxygen atoms in total. The highest BCUT2D eigenvalue weighted by molar-refractivity contribution is 5.51. The van der Waals surface area contributed by atoms with Gasteiger partial charge in [0.05, 0.1) is 17.9 Å². The van der Waals surface area contributed by atoms with Crippen molar-refractivity contribution in [1.29, 1.82) is 0 Å². The SMILES string of the molecule is CC(C)C[C@@H](N)c1nc(-c2ccoc2)no1. The third kappa shape index (κ3) is 2.30. The number of nitrogens with two attached hydrogens (primary N) is 1. The fraction of sp³-hybridized carbons (Fsp3) is 0.455. The van der Waals surface area contributed by atoms with E-state index in [2.05, 4.69) is 24.0 Å². The number of aromatic nitrogens is 2. The van der Waals surface area contributed by atoms with Crippen molar-refractivity contribution in [3.63, 3.8) is 0 Å². The maximum Gasteiger partial charge on any atom is 0.243 e. The molecule has 0 aliphatic rings. The van der Waals surface area contributed by atoms with Gasteiger partial charge in [-0.3, -0.25) is 0 Å². The van der Waals surface area contributed by atoms with Gasteiger partial charge in [-0.1, -0.05) is 19.0 Å². The van der Waals surface area contributed by atoms with Crippen molar-refractivity contribution in [3.05, 3.63) is 24.5 Å². The maximum atomic E-state index is 5.94. The van der Waals surface area contributed by atoms with Crippen LogP contribution < -0.4 is 5.73 Å². The van der Waals surface area contributed by atoms with Crippen LogP contribution in [-0.2, 0) is 0 Å². The molecule has 2 heterocycles. The zero-order chi connectivity index (χ0) is 11.5. The molecule has 16 heavy (non-hydrogen) atoms. The molecular formula is C11H15N3O2.